The largest absolute Gasteiger partial charge is 0.448 e. The molecule has 0 unspecified atom stereocenters. The summed E-state index contributed by atoms with van der Waals surface area (Å²) in [5, 5.41) is 5.04. The van der Waals surface area contributed by atoms with E-state index >= 15 is 0 Å². The molecule has 2 rings (SSSR count). The number of carbonyl (C=O) groups excluding carboxylic acids is 2. The molecule has 0 fully saturated rings. The summed E-state index contributed by atoms with van der Waals surface area (Å²) in [6.45, 7) is 3.33. The number of ether oxygens (including phenoxy) is 1. The van der Waals surface area contributed by atoms with E-state index in [1.54, 1.807) is 42.6 Å². The Balaban J connectivity index is 2.00. The molecule has 1 atom stereocenters. The molecule has 110 valence electrons. The summed E-state index contributed by atoms with van der Waals surface area (Å²) in [5.74, 6) is -0.902. The fourth-order valence-corrected chi connectivity index (χ4v) is 2.42. The van der Waals surface area contributed by atoms with Gasteiger partial charge in [-0.3, -0.25) is 4.79 Å². The number of benzene rings is 1. The maximum absolute atomic E-state index is 12.1. The Labute approximate surface area is 131 Å². The van der Waals surface area contributed by atoms with E-state index in [4.69, 9.17) is 16.3 Å². The molecule has 1 amide bonds. The van der Waals surface area contributed by atoms with E-state index in [1.165, 1.54) is 18.3 Å². The molecular weight excluding hydrogens is 310 g/mol. The van der Waals surface area contributed by atoms with Crippen LogP contribution in [0.1, 0.15) is 22.2 Å². The maximum Gasteiger partial charge on any atom is 0.349 e. The van der Waals surface area contributed by atoms with Gasteiger partial charge < -0.3 is 10.1 Å². The number of halogens is 1. The van der Waals surface area contributed by atoms with Crippen molar-refractivity contribution < 1.29 is 14.3 Å². The Hall–Kier alpha value is -1.85. The highest BCUT2D eigenvalue weighted by molar-refractivity contribution is 7.11. The smallest absolute Gasteiger partial charge is 0.349 e. The van der Waals surface area contributed by atoms with E-state index in [0.29, 0.717) is 15.6 Å². The standard InChI is InChI=1S/C15H14ClNO3S/c1-9-11(16)5-3-6-12(9)17-14(18)10(2)20-15(19)13-7-4-8-21-13/h3-8,10H,1-2H3,(H,17,18)/t10-/m1/s1. The summed E-state index contributed by atoms with van der Waals surface area (Å²) in [6.07, 6.45) is -0.891. The second-order valence-electron chi connectivity index (χ2n) is 4.43. The van der Waals surface area contributed by atoms with Crippen molar-refractivity contribution in [3.63, 3.8) is 0 Å². The predicted molar refractivity (Wildman–Crippen MR) is 84.0 cm³/mol. The average molecular weight is 324 g/mol. The van der Waals surface area contributed by atoms with Crippen LogP contribution >= 0.6 is 22.9 Å². The van der Waals surface area contributed by atoms with Gasteiger partial charge in [-0.1, -0.05) is 23.7 Å². The molecule has 21 heavy (non-hydrogen) atoms. The molecule has 4 nitrogen and oxygen atoms in total. The van der Waals surface area contributed by atoms with Gasteiger partial charge in [-0.2, -0.15) is 0 Å². The zero-order valence-electron chi connectivity index (χ0n) is 11.6. The van der Waals surface area contributed by atoms with Crippen LogP contribution in [0.5, 0.6) is 0 Å². The number of carbonyl (C=O) groups is 2. The molecule has 1 heterocycles. The van der Waals surface area contributed by atoms with Crippen LogP contribution in [0.25, 0.3) is 0 Å². The topological polar surface area (TPSA) is 55.4 Å². The monoisotopic (exact) mass is 323 g/mol. The van der Waals surface area contributed by atoms with E-state index in [-0.39, 0.29) is 0 Å². The van der Waals surface area contributed by atoms with Crippen LogP contribution in [-0.4, -0.2) is 18.0 Å². The molecule has 0 saturated carbocycles. The van der Waals surface area contributed by atoms with E-state index in [0.717, 1.165) is 5.56 Å². The Morgan fingerprint density at radius 2 is 2.05 bits per heavy atom. The number of hydrogen-bond acceptors (Lipinski definition) is 4. The fraction of sp³-hybridized carbons (Fsp3) is 0.200. The summed E-state index contributed by atoms with van der Waals surface area (Å²) >= 11 is 7.26. The summed E-state index contributed by atoms with van der Waals surface area (Å²) in [6, 6.07) is 8.63. The van der Waals surface area contributed by atoms with Gasteiger partial charge in [0, 0.05) is 10.7 Å². The van der Waals surface area contributed by atoms with Crippen LogP contribution in [0, 0.1) is 6.92 Å². The highest BCUT2D eigenvalue weighted by Gasteiger charge is 2.20. The van der Waals surface area contributed by atoms with Crippen molar-refractivity contribution in [2.75, 3.05) is 5.32 Å². The Morgan fingerprint density at radius 1 is 1.29 bits per heavy atom. The van der Waals surface area contributed by atoms with Crippen LogP contribution < -0.4 is 5.32 Å². The van der Waals surface area contributed by atoms with Gasteiger partial charge in [0.15, 0.2) is 6.10 Å². The first-order chi connectivity index (χ1) is 9.99. The molecule has 0 saturated heterocycles. The van der Waals surface area contributed by atoms with Crippen LogP contribution in [0.2, 0.25) is 5.02 Å². The molecule has 1 aromatic carbocycles. The summed E-state index contributed by atoms with van der Waals surface area (Å²) in [7, 11) is 0. The van der Waals surface area contributed by atoms with Crippen molar-refractivity contribution in [2.24, 2.45) is 0 Å². The van der Waals surface area contributed by atoms with Gasteiger partial charge in [-0.15, -0.1) is 11.3 Å². The van der Waals surface area contributed by atoms with E-state index in [9.17, 15) is 9.59 Å². The third-order valence-corrected chi connectivity index (χ3v) is 4.16. The number of rotatable bonds is 4. The summed E-state index contributed by atoms with van der Waals surface area (Å²) in [4.78, 5) is 24.3. The van der Waals surface area contributed by atoms with Crippen molar-refractivity contribution in [2.45, 2.75) is 20.0 Å². The lowest BCUT2D eigenvalue weighted by Gasteiger charge is -2.14. The minimum absolute atomic E-state index is 0.398. The first kappa shape index (κ1) is 15.5. The number of nitrogens with one attached hydrogen (secondary N) is 1. The lowest BCUT2D eigenvalue weighted by Crippen LogP contribution is -2.30. The van der Waals surface area contributed by atoms with Crippen molar-refractivity contribution in [3.8, 4) is 0 Å². The van der Waals surface area contributed by atoms with E-state index in [2.05, 4.69) is 5.32 Å². The van der Waals surface area contributed by atoms with Gasteiger partial charge in [-0.25, -0.2) is 4.79 Å². The highest BCUT2D eigenvalue weighted by Crippen LogP contribution is 2.23. The first-order valence-electron chi connectivity index (χ1n) is 6.29. The Morgan fingerprint density at radius 3 is 2.71 bits per heavy atom. The molecule has 0 aliphatic heterocycles. The number of anilines is 1. The molecule has 2 aromatic rings. The Bertz CT molecular complexity index is 655. The molecule has 0 spiro atoms. The van der Waals surface area contributed by atoms with Crippen molar-refractivity contribution >= 4 is 40.5 Å². The molecule has 0 aliphatic carbocycles. The molecule has 6 heteroatoms. The molecule has 0 bridgehead atoms. The quantitative estimate of drug-likeness (QED) is 0.868. The summed E-state index contributed by atoms with van der Waals surface area (Å²) < 4.78 is 5.13. The molecule has 1 aromatic heterocycles. The van der Waals surface area contributed by atoms with Gasteiger partial charge >= 0.3 is 5.97 Å². The van der Waals surface area contributed by atoms with Gasteiger partial charge in [0.05, 0.1) is 0 Å². The predicted octanol–water partition coefficient (Wildman–Crippen LogP) is 3.89. The minimum Gasteiger partial charge on any atom is -0.448 e. The highest BCUT2D eigenvalue weighted by atomic mass is 35.5. The van der Waals surface area contributed by atoms with Gasteiger partial charge in [0.25, 0.3) is 5.91 Å². The molecule has 0 radical (unpaired) electrons. The van der Waals surface area contributed by atoms with Gasteiger partial charge in [-0.05, 0) is 43.0 Å². The number of amides is 1. The third-order valence-electron chi connectivity index (χ3n) is 2.90. The summed E-state index contributed by atoms with van der Waals surface area (Å²) in [5.41, 5.74) is 1.37. The van der Waals surface area contributed by atoms with Gasteiger partial charge in [0.1, 0.15) is 4.88 Å². The van der Waals surface area contributed by atoms with E-state index < -0.39 is 18.0 Å². The normalized spacial score (nSPS) is 11.8. The van der Waals surface area contributed by atoms with Crippen molar-refractivity contribution in [1.82, 2.24) is 0 Å². The number of esters is 1. The molecule has 1 N–H and O–H groups in total. The second kappa shape index (κ2) is 6.74. The first-order valence-corrected chi connectivity index (χ1v) is 7.55. The second-order valence-corrected chi connectivity index (χ2v) is 5.78. The number of hydrogen-bond donors (Lipinski definition) is 1. The van der Waals surface area contributed by atoms with Crippen LogP contribution in [0.3, 0.4) is 0 Å². The van der Waals surface area contributed by atoms with Crippen molar-refractivity contribution in [1.29, 1.82) is 0 Å². The molecular formula is C15H14ClNO3S. The van der Waals surface area contributed by atoms with Gasteiger partial charge in [0.2, 0.25) is 0 Å². The third kappa shape index (κ3) is 3.83. The fourth-order valence-electron chi connectivity index (χ4n) is 1.64. The van der Waals surface area contributed by atoms with E-state index in [1.807, 2.05) is 0 Å². The minimum atomic E-state index is -0.891. The molecule has 0 aliphatic rings. The van der Waals surface area contributed by atoms with Crippen LogP contribution in [-0.2, 0) is 9.53 Å². The maximum atomic E-state index is 12.1. The lowest BCUT2D eigenvalue weighted by molar-refractivity contribution is -0.123. The SMILES string of the molecule is Cc1c(Cl)cccc1NC(=O)[C@@H](C)OC(=O)c1cccs1. The zero-order chi connectivity index (χ0) is 15.4. The average Bonchev–Trinajstić information content (AvgIpc) is 2.98. The Kier molecular flexibility index (Phi) is 4.98. The zero-order valence-corrected chi connectivity index (χ0v) is 13.1. The lowest BCUT2D eigenvalue weighted by atomic mass is 10.2. The van der Waals surface area contributed by atoms with Crippen LogP contribution in [0.4, 0.5) is 5.69 Å². The number of thiophene rings is 1. The van der Waals surface area contributed by atoms with Crippen molar-refractivity contribution in [3.05, 3.63) is 51.2 Å². The van der Waals surface area contributed by atoms with Crippen LogP contribution in [0.15, 0.2) is 35.7 Å².